The molecule has 19 heavy (non-hydrogen) atoms. The number of amides is 1. The molecule has 2 heterocycles. The largest absolute Gasteiger partial charge is 0.307 e. The van der Waals surface area contributed by atoms with Gasteiger partial charge in [-0.2, -0.15) is 0 Å². The van der Waals surface area contributed by atoms with Crippen LogP contribution in [0.3, 0.4) is 0 Å². The van der Waals surface area contributed by atoms with Crippen molar-refractivity contribution >= 4 is 17.4 Å². The summed E-state index contributed by atoms with van der Waals surface area (Å²) in [6.07, 6.45) is 4.10. The van der Waals surface area contributed by atoms with Gasteiger partial charge in [0.05, 0.1) is 10.5 Å². The van der Waals surface area contributed by atoms with Crippen LogP contribution in [0.25, 0.3) is 0 Å². The van der Waals surface area contributed by atoms with E-state index in [1.807, 2.05) is 0 Å². The molecule has 1 N–H and O–H groups in total. The SMILES string of the molecule is Cc1cc(NC(=O)c2cccnc2)ncc1[N+](=O)[O-]. The lowest BCUT2D eigenvalue weighted by atomic mass is 10.2. The summed E-state index contributed by atoms with van der Waals surface area (Å²) in [5.41, 5.74) is 0.737. The zero-order valence-corrected chi connectivity index (χ0v) is 10.0. The Bertz CT molecular complexity index is 628. The fraction of sp³-hybridized carbons (Fsp3) is 0.0833. The van der Waals surface area contributed by atoms with Gasteiger partial charge in [0.15, 0.2) is 0 Å². The Morgan fingerprint density at radius 2 is 2.21 bits per heavy atom. The highest BCUT2D eigenvalue weighted by Crippen LogP contribution is 2.19. The minimum Gasteiger partial charge on any atom is -0.307 e. The minimum absolute atomic E-state index is 0.0839. The van der Waals surface area contributed by atoms with Crippen molar-refractivity contribution in [2.75, 3.05) is 5.32 Å². The minimum atomic E-state index is -0.519. The fourth-order valence-corrected chi connectivity index (χ4v) is 1.49. The van der Waals surface area contributed by atoms with Crippen LogP contribution in [0.2, 0.25) is 0 Å². The Morgan fingerprint density at radius 1 is 1.42 bits per heavy atom. The number of aromatic nitrogens is 2. The second kappa shape index (κ2) is 5.21. The standard InChI is InChI=1S/C12H10N4O3/c1-8-5-11(14-7-10(8)16(18)19)15-12(17)9-3-2-4-13-6-9/h2-7H,1H3,(H,14,15,17). The van der Waals surface area contributed by atoms with Crippen LogP contribution in [0.5, 0.6) is 0 Å². The Labute approximate surface area is 108 Å². The van der Waals surface area contributed by atoms with E-state index in [1.54, 1.807) is 25.3 Å². The average Bonchev–Trinajstić information content (AvgIpc) is 2.39. The molecule has 0 aromatic carbocycles. The Morgan fingerprint density at radius 3 is 2.79 bits per heavy atom. The maximum absolute atomic E-state index is 11.8. The number of nitrogens with one attached hydrogen (secondary N) is 1. The van der Waals surface area contributed by atoms with E-state index in [0.29, 0.717) is 11.1 Å². The molecule has 0 aliphatic carbocycles. The van der Waals surface area contributed by atoms with E-state index < -0.39 is 4.92 Å². The van der Waals surface area contributed by atoms with Crippen molar-refractivity contribution in [3.05, 3.63) is 58.0 Å². The van der Waals surface area contributed by atoms with Crippen molar-refractivity contribution in [2.45, 2.75) is 6.92 Å². The third-order valence-corrected chi connectivity index (χ3v) is 2.45. The molecule has 0 saturated heterocycles. The summed E-state index contributed by atoms with van der Waals surface area (Å²) in [5.74, 6) is -0.106. The number of hydrogen-bond donors (Lipinski definition) is 1. The lowest BCUT2D eigenvalue weighted by Gasteiger charge is -2.05. The monoisotopic (exact) mass is 258 g/mol. The highest BCUT2D eigenvalue weighted by atomic mass is 16.6. The molecule has 2 aromatic rings. The molecule has 0 atom stereocenters. The molecule has 0 radical (unpaired) electrons. The summed E-state index contributed by atoms with van der Waals surface area (Å²) in [6.45, 7) is 1.58. The lowest BCUT2D eigenvalue weighted by molar-refractivity contribution is -0.385. The van der Waals surface area contributed by atoms with Gasteiger partial charge in [-0.25, -0.2) is 4.98 Å². The first kappa shape index (κ1) is 12.6. The number of rotatable bonds is 3. The number of hydrogen-bond acceptors (Lipinski definition) is 5. The molecule has 0 unspecified atom stereocenters. The number of anilines is 1. The molecule has 0 saturated carbocycles. The maximum atomic E-state index is 11.8. The Balaban J connectivity index is 2.19. The summed E-state index contributed by atoms with van der Waals surface area (Å²) in [4.78, 5) is 29.6. The normalized spacial score (nSPS) is 9.95. The molecule has 0 bridgehead atoms. The van der Waals surface area contributed by atoms with Crippen molar-refractivity contribution in [3.8, 4) is 0 Å². The van der Waals surface area contributed by atoms with Crippen LogP contribution in [0.4, 0.5) is 11.5 Å². The number of pyridine rings is 2. The highest BCUT2D eigenvalue weighted by Gasteiger charge is 2.13. The van der Waals surface area contributed by atoms with E-state index >= 15 is 0 Å². The zero-order valence-electron chi connectivity index (χ0n) is 10.0. The number of carbonyl (C=O) groups is 1. The van der Waals surface area contributed by atoms with Crippen LogP contribution in [-0.2, 0) is 0 Å². The van der Waals surface area contributed by atoms with Crippen molar-refractivity contribution in [2.24, 2.45) is 0 Å². The molecule has 1 amide bonds. The van der Waals surface area contributed by atoms with Gasteiger partial charge in [-0.05, 0) is 25.1 Å². The molecule has 0 aliphatic rings. The quantitative estimate of drug-likeness (QED) is 0.670. The first-order valence-corrected chi connectivity index (χ1v) is 5.40. The third-order valence-electron chi connectivity index (χ3n) is 2.45. The van der Waals surface area contributed by atoms with Crippen LogP contribution in [0.1, 0.15) is 15.9 Å². The van der Waals surface area contributed by atoms with E-state index in [-0.39, 0.29) is 17.4 Å². The van der Waals surface area contributed by atoms with Gasteiger partial charge < -0.3 is 5.32 Å². The van der Waals surface area contributed by atoms with Crippen LogP contribution >= 0.6 is 0 Å². The summed E-state index contributed by atoms with van der Waals surface area (Å²) in [7, 11) is 0. The van der Waals surface area contributed by atoms with Gasteiger partial charge in [-0.15, -0.1) is 0 Å². The van der Waals surface area contributed by atoms with E-state index in [4.69, 9.17) is 0 Å². The van der Waals surface area contributed by atoms with Crippen molar-refractivity contribution < 1.29 is 9.72 Å². The number of nitrogens with zero attached hydrogens (tertiary/aromatic N) is 3. The van der Waals surface area contributed by atoms with Gasteiger partial charge >= 0.3 is 0 Å². The van der Waals surface area contributed by atoms with E-state index in [1.165, 1.54) is 12.3 Å². The van der Waals surface area contributed by atoms with Crippen LogP contribution in [-0.4, -0.2) is 20.8 Å². The van der Waals surface area contributed by atoms with E-state index in [2.05, 4.69) is 15.3 Å². The van der Waals surface area contributed by atoms with Crippen molar-refractivity contribution in [1.82, 2.24) is 9.97 Å². The second-order valence-corrected chi connectivity index (χ2v) is 3.81. The molecule has 96 valence electrons. The van der Waals surface area contributed by atoms with Gasteiger partial charge in [-0.3, -0.25) is 19.9 Å². The van der Waals surface area contributed by atoms with E-state index in [9.17, 15) is 14.9 Å². The smallest absolute Gasteiger partial charge is 0.290 e. The van der Waals surface area contributed by atoms with Gasteiger partial charge in [0.2, 0.25) is 0 Å². The van der Waals surface area contributed by atoms with Crippen LogP contribution < -0.4 is 5.32 Å². The number of aryl methyl sites for hydroxylation is 1. The molecule has 0 fully saturated rings. The number of nitro groups is 1. The Kier molecular flexibility index (Phi) is 3.46. The molecule has 7 nitrogen and oxygen atoms in total. The predicted octanol–water partition coefficient (Wildman–Crippen LogP) is 1.95. The van der Waals surface area contributed by atoms with Crippen molar-refractivity contribution in [1.29, 1.82) is 0 Å². The summed E-state index contributed by atoms with van der Waals surface area (Å²) >= 11 is 0. The molecule has 7 heteroatoms. The first-order chi connectivity index (χ1) is 9.08. The van der Waals surface area contributed by atoms with E-state index in [0.717, 1.165) is 6.20 Å². The van der Waals surface area contributed by atoms with Crippen LogP contribution in [0.15, 0.2) is 36.8 Å². The summed E-state index contributed by atoms with van der Waals surface area (Å²) in [6, 6.07) is 4.70. The predicted molar refractivity (Wildman–Crippen MR) is 67.8 cm³/mol. The fourth-order valence-electron chi connectivity index (χ4n) is 1.49. The zero-order chi connectivity index (χ0) is 13.8. The molecule has 0 aliphatic heterocycles. The van der Waals surface area contributed by atoms with Crippen molar-refractivity contribution in [3.63, 3.8) is 0 Å². The number of carbonyl (C=O) groups excluding carboxylic acids is 1. The highest BCUT2D eigenvalue weighted by molar-refractivity contribution is 6.03. The molecular weight excluding hydrogens is 248 g/mol. The molecule has 2 rings (SSSR count). The lowest BCUT2D eigenvalue weighted by Crippen LogP contribution is -2.13. The van der Waals surface area contributed by atoms with Gasteiger partial charge in [0.25, 0.3) is 11.6 Å². The van der Waals surface area contributed by atoms with Gasteiger partial charge in [0, 0.05) is 18.0 Å². The molecule has 2 aromatic heterocycles. The molecule has 0 spiro atoms. The third kappa shape index (κ3) is 2.89. The summed E-state index contributed by atoms with van der Waals surface area (Å²) in [5, 5.41) is 13.2. The molecular formula is C12H10N4O3. The van der Waals surface area contributed by atoms with Crippen LogP contribution in [0, 0.1) is 17.0 Å². The Hall–Kier alpha value is -2.83. The topological polar surface area (TPSA) is 98.0 Å². The van der Waals surface area contributed by atoms with Gasteiger partial charge in [-0.1, -0.05) is 0 Å². The average molecular weight is 258 g/mol. The van der Waals surface area contributed by atoms with Gasteiger partial charge in [0.1, 0.15) is 12.0 Å². The maximum Gasteiger partial charge on any atom is 0.290 e. The second-order valence-electron chi connectivity index (χ2n) is 3.81. The first-order valence-electron chi connectivity index (χ1n) is 5.40. The summed E-state index contributed by atoms with van der Waals surface area (Å²) < 4.78 is 0.